The SMILES string of the molecule is Cc1ccc(F)cc1C(N)c1cc(Cl)ccc1C. The van der Waals surface area contributed by atoms with E-state index in [0.29, 0.717) is 5.02 Å². The van der Waals surface area contributed by atoms with Gasteiger partial charge in [0.2, 0.25) is 0 Å². The van der Waals surface area contributed by atoms with E-state index in [-0.39, 0.29) is 11.9 Å². The molecule has 0 bridgehead atoms. The minimum absolute atomic E-state index is 0.272. The van der Waals surface area contributed by atoms with Crippen molar-refractivity contribution >= 4 is 11.6 Å². The fourth-order valence-corrected chi connectivity index (χ4v) is 2.24. The molecule has 0 heterocycles. The van der Waals surface area contributed by atoms with Crippen molar-refractivity contribution in [1.82, 2.24) is 0 Å². The van der Waals surface area contributed by atoms with Crippen LogP contribution in [0.3, 0.4) is 0 Å². The summed E-state index contributed by atoms with van der Waals surface area (Å²) in [7, 11) is 0. The summed E-state index contributed by atoms with van der Waals surface area (Å²) in [6.45, 7) is 3.90. The number of rotatable bonds is 2. The van der Waals surface area contributed by atoms with E-state index in [0.717, 1.165) is 22.3 Å². The maximum absolute atomic E-state index is 13.3. The van der Waals surface area contributed by atoms with Gasteiger partial charge >= 0.3 is 0 Å². The number of hydrogen-bond acceptors (Lipinski definition) is 1. The first-order valence-corrected chi connectivity index (χ1v) is 6.14. The van der Waals surface area contributed by atoms with Crippen LogP contribution < -0.4 is 5.73 Å². The van der Waals surface area contributed by atoms with Crippen LogP contribution in [0.5, 0.6) is 0 Å². The lowest BCUT2D eigenvalue weighted by Crippen LogP contribution is -2.15. The van der Waals surface area contributed by atoms with Crippen molar-refractivity contribution in [3.8, 4) is 0 Å². The van der Waals surface area contributed by atoms with Gasteiger partial charge in [-0.3, -0.25) is 0 Å². The highest BCUT2D eigenvalue weighted by Gasteiger charge is 2.14. The summed E-state index contributed by atoms with van der Waals surface area (Å²) in [6.07, 6.45) is 0. The smallest absolute Gasteiger partial charge is 0.123 e. The highest BCUT2D eigenvalue weighted by atomic mass is 35.5. The Balaban J connectivity index is 2.50. The third-order valence-corrected chi connectivity index (χ3v) is 3.39. The second-order valence-corrected chi connectivity index (χ2v) is 4.92. The van der Waals surface area contributed by atoms with Crippen molar-refractivity contribution in [3.05, 3.63) is 69.5 Å². The molecule has 0 radical (unpaired) electrons. The van der Waals surface area contributed by atoms with E-state index in [1.54, 1.807) is 6.07 Å². The van der Waals surface area contributed by atoms with Crippen LogP contribution in [0.15, 0.2) is 36.4 Å². The molecule has 94 valence electrons. The lowest BCUT2D eigenvalue weighted by molar-refractivity contribution is 0.622. The summed E-state index contributed by atoms with van der Waals surface area (Å²) in [5.41, 5.74) is 9.98. The molecule has 18 heavy (non-hydrogen) atoms. The highest BCUT2D eigenvalue weighted by Crippen LogP contribution is 2.27. The van der Waals surface area contributed by atoms with Gasteiger partial charge in [-0.1, -0.05) is 23.7 Å². The average Bonchev–Trinajstić information content (AvgIpc) is 2.34. The summed E-state index contributed by atoms with van der Waals surface area (Å²) < 4.78 is 13.3. The van der Waals surface area contributed by atoms with Crippen LogP contribution in [-0.4, -0.2) is 0 Å². The van der Waals surface area contributed by atoms with Crippen LogP contribution in [0.4, 0.5) is 4.39 Å². The number of nitrogens with two attached hydrogens (primary N) is 1. The Morgan fingerprint density at radius 3 is 2.22 bits per heavy atom. The fourth-order valence-electron chi connectivity index (χ4n) is 2.06. The molecule has 0 saturated carbocycles. The lowest BCUT2D eigenvalue weighted by atomic mass is 9.93. The zero-order valence-electron chi connectivity index (χ0n) is 10.4. The third-order valence-electron chi connectivity index (χ3n) is 3.15. The first-order chi connectivity index (χ1) is 8.49. The van der Waals surface area contributed by atoms with Crippen molar-refractivity contribution in [2.24, 2.45) is 5.73 Å². The van der Waals surface area contributed by atoms with E-state index < -0.39 is 0 Å². The topological polar surface area (TPSA) is 26.0 Å². The Hall–Kier alpha value is -1.38. The molecule has 0 aliphatic heterocycles. The quantitative estimate of drug-likeness (QED) is 0.866. The van der Waals surface area contributed by atoms with E-state index in [1.807, 2.05) is 32.0 Å². The molecule has 1 unspecified atom stereocenters. The largest absolute Gasteiger partial charge is 0.320 e. The average molecular weight is 264 g/mol. The van der Waals surface area contributed by atoms with Gasteiger partial charge in [-0.25, -0.2) is 4.39 Å². The van der Waals surface area contributed by atoms with Crippen molar-refractivity contribution in [2.75, 3.05) is 0 Å². The molecule has 0 spiro atoms. The molecule has 0 amide bonds. The van der Waals surface area contributed by atoms with Crippen molar-refractivity contribution in [2.45, 2.75) is 19.9 Å². The zero-order chi connectivity index (χ0) is 13.3. The van der Waals surface area contributed by atoms with E-state index in [4.69, 9.17) is 17.3 Å². The maximum Gasteiger partial charge on any atom is 0.123 e. The molecule has 0 aliphatic carbocycles. The molecule has 2 aromatic rings. The molecule has 3 heteroatoms. The first kappa shape index (κ1) is 13.1. The lowest BCUT2D eigenvalue weighted by Gasteiger charge is -2.18. The van der Waals surface area contributed by atoms with Crippen LogP contribution in [0.1, 0.15) is 28.3 Å². The van der Waals surface area contributed by atoms with Crippen LogP contribution in [-0.2, 0) is 0 Å². The molecular formula is C15H15ClFN. The second-order valence-electron chi connectivity index (χ2n) is 4.48. The van der Waals surface area contributed by atoms with Gasteiger partial charge in [-0.05, 0) is 60.4 Å². The predicted molar refractivity (Wildman–Crippen MR) is 73.4 cm³/mol. The predicted octanol–water partition coefficient (Wildman–Crippen LogP) is 4.14. The van der Waals surface area contributed by atoms with Crippen molar-refractivity contribution < 1.29 is 4.39 Å². The van der Waals surface area contributed by atoms with E-state index in [1.165, 1.54) is 12.1 Å². The number of benzene rings is 2. The summed E-state index contributed by atoms with van der Waals surface area (Å²) in [5, 5.41) is 0.639. The van der Waals surface area contributed by atoms with E-state index in [9.17, 15) is 4.39 Å². The standard InChI is InChI=1S/C15H15ClFN/c1-9-3-5-11(16)7-13(9)15(18)14-8-12(17)6-4-10(14)2/h3-8,15H,18H2,1-2H3. The number of hydrogen-bond donors (Lipinski definition) is 1. The second kappa shape index (κ2) is 5.09. The normalized spacial score (nSPS) is 12.5. The Morgan fingerprint density at radius 2 is 1.56 bits per heavy atom. The highest BCUT2D eigenvalue weighted by molar-refractivity contribution is 6.30. The minimum atomic E-state index is -0.362. The Bertz CT molecular complexity index is 529. The summed E-state index contributed by atoms with van der Waals surface area (Å²) in [4.78, 5) is 0. The monoisotopic (exact) mass is 263 g/mol. The molecule has 2 aromatic carbocycles. The fraction of sp³-hybridized carbons (Fsp3) is 0.200. The van der Waals surface area contributed by atoms with Gasteiger partial charge in [0.1, 0.15) is 5.82 Å². The molecule has 0 saturated heterocycles. The van der Waals surface area contributed by atoms with Gasteiger partial charge in [0, 0.05) is 5.02 Å². The van der Waals surface area contributed by atoms with Gasteiger partial charge in [-0.15, -0.1) is 0 Å². The molecule has 0 aromatic heterocycles. The van der Waals surface area contributed by atoms with Crippen LogP contribution in [0.25, 0.3) is 0 Å². The Morgan fingerprint density at radius 1 is 1.00 bits per heavy atom. The van der Waals surface area contributed by atoms with Gasteiger partial charge in [0.15, 0.2) is 0 Å². The van der Waals surface area contributed by atoms with Gasteiger partial charge < -0.3 is 5.73 Å². The molecular weight excluding hydrogens is 249 g/mol. The van der Waals surface area contributed by atoms with Crippen LogP contribution >= 0.6 is 11.6 Å². The number of aryl methyl sites for hydroxylation is 2. The van der Waals surface area contributed by atoms with Crippen LogP contribution in [0, 0.1) is 19.7 Å². The Kier molecular flexibility index (Phi) is 3.69. The number of halogens is 2. The minimum Gasteiger partial charge on any atom is -0.320 e. The van der Waals surface area contributed by atoms with Crippen molar-refractivity contribution in [3.63, 3.8) is 0 Å². The maximum atomic E-state index is 13.3. The van der Waals surface area contributed by atoms with Gasteiger partial charge in [0.05, 0.1) is 6.04 Å². The molecule has 1 atom stereocenters. The van der Waals surface area contributed by atoms with E-state index >= 15 is 0 Å². The summed E-state index contributed by atoms with van der Waals surface area (Å²) in [5.74, 6) is -0.272. The van der Waals surface area contributed by atoms with Crippen LogP contribution in [0.2, 0.25) is 5.02 Å². The third kappa shape index (κ3) is 2.55. The van der Waals surface area contributed by atoms with Gasteiger partial charge in [-0.2, -0.15) is 0 Å². The van der Waals surface area contributed by atoms with E-state index in [2.05, 4.69) is 0 Å². The van der Waals surface area contributed by atoms with Gasteiger partial charge in [0.25, 0.3) is 0 Å². The molecule has 0 aliphatic rings. The molecule has 0 fully saturated rings. The van der Waals surface area contributed by atoms with Crippen molar-refractivity contribution in [1.29, 1.82) is 0 Å². The Labute approximate surface area is 111 Å². The summed E-state index contributed by atoms with van der Waals surface area (Å²) in [6, 6.07) is 9.89. The molecule has 1 nitrogen and oxygen atoms in total. The summed E-state index contributed by atoms with van der Waals surface area (Å²) >= 11 is 5.99. The zero-order valence-corrected chi connectivity index (χ0v) is 11.1. The molecule has 2 rings (SSSR count). The molecule has 2 N–H and O–H groups in total. The first-order valence-electron chi connectivity index (χ1n) is 5.76.